The van der Waals surface area contributed by atoms with Gasteiger partial charge < -0.3 is 9.64 Å². The molecule has 0 aromatic rings. The molecule has 1 rings (SSSR count). The van der Waals surface area contributed by atoms with Crippen LogP contribution in [0.2, 0.25) is 0 Å². The zero-order valence-corrected chi connectivity index (χ0v) is 9.38. The molecule has 0 amide bonds. The molecular weight excluding hydrogens is 176 g/mol. The van der Waals surface area contributed by atoms with Crippen LogP contribution in [0.25, 0.3) is 0 Å². The maximum Gasteiger partial charge on any atom is 0.0957 e. The molecule has 0 bridgehead atoms. The van der Waals surface area contributed by atoms with E-state index in [2.05, 4.69) is 11.8 Å². The summed E-state index contributed by atoms with van der Waals surface area (Å²) in [5.74, 6) is 0.808. The summed E-state index contributed by atoms with van der Waals surface area (Å²) in [5, 5.41) is 7.84. The lowest BCUT2D eigenvalue weighted by atomic mass is 10.1. The maximum atomic E-state index is 7.84. The molecule has 0 spiro atoms. The summed E-state index contributed by atoms with van der Waals surface area (Å²) in [7, 11) is 0. The fraction of sp³-hybridized carbons (Fsp3) is 0.909. The fourth-order valence-electron chi connectivity index (χ4n) is 1.92. The number of piperidine rings is 1. The summed E-state index contributed by atoms with van der Waals surface area (Å²) < 4.78 is 5.57. The van der Waals surface area contributed by atoms with Crippen LogP contribution in [0.4, 0.5) is 0 Å². The van der Waals surface area contributed by atoms with Crippen molar-refractivity contribution in [3.63, 3.8) is 0 Å². The molecule has 0 aromatic carbocycles. The van der Waals surface area contributed by atoms with Crippen molar-refractivity contribution in [3.05, 3.63) is 0 Å². The highest BCUT2D eigenvalue weighted by Crippen LogP contribution is 2.14. The third-order valence-corrected chi connectivity index (χ3v) is 2.71. The number of rotatable bonds is 4. The summed E-state index contributed by atoms with van der Waals surface area (Å²) in [4.78, 5) is 2.19. The first kappa shape index (κ1) is 11.5. The van der Waals surface area contributed by atoms with Crippen LogP contribution >= 0.6 is 0 Å². The molecule has 1 saturated heterocycles. The van der Waals surface area contributed by atoms with Gasteiger partial charge in [-0.05, 0) is 26.2 Å². The molecule has 0 aliphatic carbocycles. The third kappa shape index (κ3) is 3.29. The van der Waals surface area contributed by atoms with Crippen molar-refractivity contribution in [2.75, 3.05) is 19.7 Å². The monoisotopic (exact) mass is 198 g/mol. The van der Waals surface area contributed by atoms with Gasteiger partial charge in [-0.3, -0.25) is 5.41 Å². The Morgan fingerprint density at radius 2 is 2.00 bits per heavy atom. The van der Waals surface area contributed by atoms with Gasteiger partial charge in [0.15, 0.2) is 0 Å². The Balaban J connectivity index is 2.24. The molecule has 0 radical (unpaired) electrons. The molecule has 0 saturated carbocycles. The Morgan fingerprint density at radius 3 is 2.50 bits per heavy atom. The highest BCUT2D eigenvalue weighted by molar-refractivity contribution is 5.79. The van der Waals surface area contributed by atoms with Crippen molar-refractivity contribution in [1.82, 2.24) is 4.90 Å². The van der Waals surface area contributed by atoms with Crippen LogP contribution in [0.3, 0.4) is 0 Å². The van der Waals surface area contributed by atoms with Gasteiger partial charge in [-0.2, -0.15) is 0 Å². The van der Waals surface area contributed by atoms with Crippen LogP contribution in [-0.2, 0) is 4.74 Å². The quantitative estimate of drug-likeness (QED) is 0.555. The molecule has 82 valence electrons. The third-order valence-electron chi connectivity index (χ3n) is 2.71. The van der Waals surface area contributed by atoms with Gasteiger partial charge in [-0.1, -0.05) is 6.92 Å². The zero-order valence-electron chi connectivity index (χ0n) is 9.38. The van der Waals surface area contributed by atoms with E-state index in [1.807, 2.05) is 6.92 Å². The molecule has 0 aromatic heterocycles. The maximum absolute atomic E-state index is 7.84. The minimum atomic E-state index is 0.436. The van der Waals surface area contributed by atoms with Crippen LogP contribution in [0.5, 0.6) is 0 Å². The predicted octanol–water partition coefficient (Wildman–Crippen LogP) is 2.26. The summed E-state index contributed by atoms with van der Waals surface area (Å²) >= 11 is 0. The second kappa shape index (κ2) is 6.02. The van der Waals surface area contributed by atoms with E-state index in [1.165, 1.54) is 0 Å². The highest BCUT2D eigenvalue weighted by atomic mass is 16.5. The van der Waals surface area contributed by atoms with Crippen LogP contribution in [0, 0.1) is 5.41 Å². The second-order valence-corrected chi connectivity index (χ2v) is 3.84. The minimum absolute atomic E-state index is 0.436. The van der Waals surface area contributed by atoms with Crippen molar-refractivity contribution in [3.8, 4) is 0 Å². The van der Waals surface area contributed by atoms with Crippen LogP contribution < -0.4 is 0 Å². The van der Waals surface area contributed by atoms with Gasteiger partial charge >= 0.3 is 0 Å². The first-order valence-electron chi connectivity index (χ1n) is 5.71. The average molecular weight is 198 g/mol. The number of ether oxygens (including phenoxy) is 1. The van der Waals surface area contributed by atoms with Crippen molar-refractivity contribution in [2.24, 2.45) is 0 Å². The SMILES string of the molecule is CCCC(=N)N1CCC(OCC)CC1. The molecule has 1 fully saturated rings. The van der Waals surface area contributed by atoms with E-state index in [9.17, 15) is 0 Å². The molecule has 1 N–H and O–H groups in total. The number of nitrogens with one attached hydrogen (secondary N) is 1. The van der Waals surface area contributed by atoms with Gasteiger partial charge in [0, 0.05) is 26.1 Å². The van der Waals surface area contributed by atoms with E-state index >= 15 is 0 Å². The van der Waals surface area contributed by atoms with E-state index in [-0.39, 0.29) is 0 Å². The van der Waals surface area contributed by atoms with Crippen molar-refractivity contribution >= 4 is 5.84 Å². The minimum Gasteiger partial charge on any atom is -0.378 e. The Labute approximate surface area is 86.9 Å². The molecule has 3 heteroatoms. The molecule has 0 unspecified atom stereocenters. The molecule has 1 heterocycles. The standard InChI is InChI=1S/C11H22N2O/c1-3-5-11(12)13-8-6-10(7-9-13)14-4-2/h10,12H,3-9H2,1-2H3. The molecular formula is C11H22N2O. The smallest absolute Gasteiger partial charge is 0.0957 e. The first-order valence-corrected chi connectivity index (χ1v) is 5.71. The van der Waals surface area contributed by atoms with Gasteiger partial charge in [0.1, 0.15) is 0 Å². The van der Waals surface area contributed by atoms with Gasteiger partial charge in [-0.25, -0.2) is 0 Å². The highest BCUT2D eigenvalue weighted by Gasteiger charge is 2.20. The Kier molecular flexibility index (Phi) is 4.94. The van der Waals surface area contributed by atoms with Crippen LogP contribution in [0.15, 0.2) is 0 Å². The lowest BCUT2D eigenvalue weighted by molar-refractivity contribution is 0.0265. The number of hydrogen-bond donors (Lipinski definition) is 1. The first-order chi connectivity index (χ1) is 6.77. The van der Waals surface area contributed by atoms with Gasteiger partial charge in [0.05, 0.1) is 11.9 Å². The predicted molar refractivity (Wildman–Crippen MR) is 58.9 cm³/mol. The normalized spacial score (nSPS) is 18.6. The van der Waals surface area contributed by atoms with E-state index in [4.69, 9.17) is 10.1 Å². The van der Waals surface area contributed by atoms with Crippen molar-refractivity contribution in [2.45, 2.75) is 45.6 Å². The van der Waals surface area contributed by atoms with Gasteiger partial charge in [0.2, 0.25) is 0 Å². The zero-order chi connectivity index (χ0) is 10.4. The van der Waals surface area contributed by atoms with Crippen molar-refractivity contribution in [1.29, 1.82) is 5.41 Å². The number of likely N-dealkylation sites (tertiary alicyclic amines) is 1. The average Bonchev–Trinajstić information content (AvgIpc) is 2.20. The summed E-state index contributed by atoms with van der Waals surface area (Å²) in [6, 6.07) is 0. The second-order valence-electron chi connectivity index (χ2n) is 3.84. The Morgan fingerprint density at radius 1 is 1.36 bits per heavy atom. The Hall–Kier alpha value is -0.570. The van der Waals surface area contributed by atoms with E-state index < -0.39 is 0 Å². The largest absolute Gasteiger partial charge is 0.378 e. The lowest BCUT2D eigenvalue weighted by Gasteiger charge is -2.33. The summed E-state index contributed by atoms with van der Waals surface area (Å²) in [6.45, 7) is 7.00. The van der Waals surface area contributed by atoms with E-state index in [0.29, 0.717) is 6.10 Å². The van der Waals surface area contributed by atoms with E-state index in [1.54, 1.807) is 0 Å². The topological polar surface area (TPSA) is 36.3 Å². The molecule has 1 aliphatic rings. The van der Waals surface area contributed by atoms with Gasteiger partial charge in [0.25, 0.3) is 0 Å². The van der Waals surface area contributed by atoms with E-state index in [0.717, 1.165) is 51.2 Å². The number of nitrogens with zero attached hydrogens (tertiary/aromatic N) is 1. The summed E-state index contributed by atoms with van der Waals surface area (Å²) in [5.41, 5.74) is 0. The summed E-state index contributed by atoms with van der Waals surface area (Å²) in [6.07, 6.45) is 4.59. The van der Waals surface area contributed by atoms with Crippen LogP contribution in [0.1, 0.15) is 39.5 Å². The number of hydrogen-bond acceptors (Lipinski definition) is 2. The molecule has 0 atom stereocenters. The molecule has 3 nitrogen and oxygen atoms in total. The number of amidine groups is 1. The van der Waals surface area contributed by atoms with Crippen molar-refractivity contribution < 1.29 is 4.74 Å². The lowest BCUT2D eigenvalue weighted by Crippen LogP contribution is -2.40. The van der Waals surface area contributed by atoms with Gasteiger partial charge in [-0.15, -0.1) is 0 Å². The fourth-order valence-corrected chi connectivity index (χ4v) is 1.92. The van der Waals surface area contributed by atoms with Crippen LogP contribution in [-0.4, -0.2) is 36.5 Å². The molecule has 14 heavy (non-hydrogen) atoms. The Bertz CT molecular complexity index is 174. The molecule has 1 aliphatic heterocycles.